The van der Waals surface area contributed by atoms with E-state index in [4.69, 9.17) is 9.47 Å². The maximum Gasteiger partial charge on any atom is 0.314 e. The molecule has 0 spiro atoms. The second kappa shape index (κ2) is 6.03. The van der Waals surface area contributed by atoms with Crippen LogP contribution < -0.4 is 9.47 Å². The zero-order valence-corrected chi connectivity index (χ0v) is 12.7. The van der Waals surface area contributed by atoms with Crippen molar-refractivity contribution in [3.8, 4) is 11.5 Å². The first kappa shape index (κ1) is 15.2. The van der Waals surface area contributed by atoms with Crippen LogP contribution in [0, 0.1) is 5.92 Å². The van der Waals surface area contributed by atoms with E-state index in [-0.39, 0.29) is 6.04 Å². The summed E-state index contributed by atoms with van der Waals surface area (Å²) in [5, 5.41) is 15.4. The quantitative estimate of drug-likeness (QED) is 0.900. The average molecular weight is 292 g/mol. The number of hydrazone groups is 1. The van der Waals surface area contributed by atoms with E-state index in [2.05, 4.69) is 5.10 Å². The Hall–Kier alpha value is -2.24. The fourth-order valence-electron chi connectivity index (χ4n) is 2.68. The normalized spacial score (nSPS) is 21.1. The molecule has 1 aliphatic heterocycles. The third kappa shape index (κ3) is 2.79. The van der Waals surface area contributed by atoms with Crippen molar-refractivity contribution in [1.29, 1.82) is 0 Å². The molecule has 1 aliphatic rings. The molecule has 114 valence electrons. The molecule has 2 atom stereocenters. The first-order chi connectivity index (χ1) is 9.99. The van der Waals surface area contributed by atoms with E-state index in [0.29, 0.717) is 23.8 Å². The maximum absolute atomic E-state index is 11.5. The molecule has 21 heavy (non-hydrogen) atoms. The smallest absolute Gasteiger partial charge is 0.314 e. The number of nitrogens with zero attached hydrogens (tertiary/aromatic N) is 2. The number of hydrogen-bond donors (Lipinski definition) is 1. The molecule has 0 radical (unpaired) electrons. The van der Waals surface area contributed by atoms with Gasteiger partial charge in [0.1, 0.15) is 5.92 Å². The minimum Gasteiger partial charge on any atom is -0.493 e. The van der Waals surface area contributed by atoms with Crippen LogP contribution in [0.5, 0.6) is 11.5 Å². The average Bonchev–Trinajstić information content (AvgIpc) is 2.74. The van der Waals surface area contributed by atoms with Gasteiger partial charge in [0.15, 0.2) is 11.5 Å². The molecule has 2 unspecified atom stereocenters. The highest BCUT2D eigenvalue weighted by Crippen LogP contribution is 2.38. The van der Waals surface area contributed by atoms with Crippen LogP contribution in [0.1, 0.15) is 25.5 Å². The molecule has 1 aromatic rings. The van der Waals surface area contributed by atoms with Crippen LogP contribution in [0.2, 0.25) is 0 Å². The van der Waals surface area contributed by atoms with Crippen LogP contribution >= 0.6 is 0 Å². The Morgan fingerprint density at radius 3 is 2.71 bits per heavy atom. The molecule has 6 heteroatoms. The summed E-state index contributed by atoms with van der Waals surface area (Å²) in [6.45, 7) is 4.14. The topological polar surface area (TPSA) is 71.4 Å². The lowest BCUT2D eigenvalue weighted by Gasteiger charge is -2.24. The predicted molar refractivity (Wildman–Crippen MR) is 78.9 cm³/mol. The SMILES string of the molecule is CCOc1cc(C2C(C(=O)O)C(C)=NN2C)ccc1OC. The van der Waals surface area contributed by atoms with Gasteiger partial charge in [-0.2, -0.15) is 5.10 Å². The largest absolute Gasteiger partial charge is 0.493 e. The standard InChI is InChI=1S/C15H20N2O4/c1-5-21-12-8-10(6-7-11(12)20-4)14-13(15(18)19)9(2)16-17(14)3/h6-8,13-14H,5H2,1-4H3,(H,18,19). The van der Waals surface area contributed by atoms with Gasteiger partial charge in [-0.05, 0) is 31.5 Å². The number of methoxy groups -OCH3 is 1. The molecule has 0 aromatic heterocycles. The number of carbonyl (C=O) groups is 1. The van der Waals surface area contributed by atoms with Crippen molar-refractivity contribution < 1.29 is 19.4 Å². The Bertz CT molecular complexity index is 571. The van der Waals surface area contributed by atoms with Gasteiger partial charge in [0.2, 0.25) is 0 Å². The second-order valence-corrected chi connectivity index (χ2v) is 4.92. The zero-order valence-electron chi connectivity index (χ0n) is 12.7. The molecule has 0 amide bonds. The van der Waals surface area contributed by atoms with E-state index in [1.807, 2.05) is 19.1 Å². The highest BCUT2D eigenvalue weighted by molar-refractivity contribution is 6.02. The lowest BCUT2D eigenvalue weighted by molar-refractivity contribution is -0.140. The molecule has 2 rings (SSSR count). The third-order valence-electron chi connectivity index (χ3n) is 3.58. The first-order valence-electron chi connectivity index (χ1n) is 6.81. The molecule has 0 aliphatic carbocycles. The van der Waals surface area contributed by atoms with Gasteiger partial charge in [0.05, 0.1) is 25.5 Å². The molecule has 0 saturated carbocycles. The highest BCUT2D eigenvalue weighted by Gasteiger charge is 2.39. The lowest BCUT2D eigenvalue weighted by Crippen LogP contribution is -2.28. The van der Waals surface area contributed by atoms with E-state index >= 15 is 0 Å². The fourth-order valence-corrected chi connectivity index (χ4v) is 2.68. The Morgan fingerprint density at radius 1 is 1.43 bits per heavy atom. The molecule has 1 aromatic carbocycles. The van der Waals surface area contributed by atoms with Crippen LogP contribution in [-0.2, 0) is 4.79 Å². The highest BCUT2D eigenvalue weighted by atomic mass is 16.5. The molecule has 1 heterocycles. The molecule has 0 fully saturated rings. The summed E-state index contributed by atoms with van der Waals surface area (Å²) in [7, 11) is 3.36. The summed E-state index contributed by atoms with van der Waals surface area (Å²) < 4.78 is 10.8. The number of ether oxygens (including phenoxy) is 2. The van der Waals surface area contributed by atoms with Crippen LogP contribution in [0.15, 0.2) is 23.3 Å². The van der Waals surface area contributed by atoms with Crippen molar-refractivity contribution in [2.75, 3.05) is 20.8 Å². The monoisotopic (exact) mass is 292 g/mol. The number of aliphatic carboxylic acids is 1. The Balaban J connectivity index is 2.41. The Labute approximate surface area is 124 Å². The molecule has 0 saturated heterocycles. The summed E-state index contributed by atoms with van der Waals surface area (Å²) in [4.78, 5) is 11.5. The minimum atomic E-state index is -0.876. The van der Waals surface area contributed by atoms with Crippen LogP contribution in [-0.4, -0.2) is 42.6 Å². The summed E-state index contributed by atoms with van der Waals surface area (Å²) in [6.07, 6.45) is 0. The molecule has 6 nitrogen and oxygen atoms in total. The number of rotatable bonds is 5. The van der Waals surface area contributed by atoms with Crippen molar-refractivity contribution in [3.63, 3.8) is 0 Å². The minimum absolute atomic E-state index is 0.340. The van der Waals surface area contributed by atoms with Gasteiger partial charge in [-0.25, -0.2) is 0 Å². The van der Waals surface area contributed by atoms with Crippen molar-refractivity contribution in [2.24, 2.45) is 11.0 Å². The third-order valence-corrected chi connectivity index (χ3v) is 3.58. The van der Waals surface area contributed by atoms with Crippen molar-refractivity contribution in [1.82, 2.24) is 5.01 Å². The van der Waals surface area contributed by atoms with E-state index < -0.39 is 11.9 Å². The van der Waals surface area contributed by atoms with Gasteiger partial charge < -0.3 is 14.6 Å². The fraction of sp³-hybridized carbons (Fsp3) is 0.467. The van der Waals surface area contributed by atoms with Gasteiger partial charge in [0.25, 0.3) is 0 Å². The van der Waals surface area contributed by atoms with E-state index in [0.717, 1.165) is 5.56 Å². The maximum atomic E-state index is 11.5. The Morgan fingerprint density at radius 2 is 2.14 bits per heavy atom. The van der Waals surface area contributed by atoms with Gasteiger partial charge in [-0.15, -0.1) is 0 Å². The summed E-state index contributed by atoms with van der Waals surface area (Å²) in [5.74, 6) is -0.289. The molecule has 1 N–H and O–H groups in total. The zero-order chi connectivity index (χ0) is 15.6. The summed E-state index contributed by atoms with van der Waals surface area (Å²) in [5.41, 5.74) is 1.44. The first-order valence-corrected chi connectivity index (χ1v) is 6.81. The molecule has 0 bridgehead atoms. The van der Waals surface area contributed by atoms with Gasteiger partial charge in [-0.3, -0.25) is 9.80 Å². The number of benzene rings is 1. The Kier molecular flexibility index (Phi) is 4.35. The summed E-state index contributed by atoms with van der Waals surface area (Å²) in [6, 6.07) is 5.13. The molecular weight excluding hydrogens is 272 g/mol. The van der Waals surface area contributed by atoms with E-state index in [1.54, 1.807) is 32.2 Å². The van der Waals surface area contributed by atoms with Crippen LogP contribution in [0.25, 0.3) is 0 Å². The van der Waals surface area contributed by atoms with E-state index in [1.165, 1.54) is 0 Å². The number of hydrogen-bond acceptors (Lipinski definition) is 5. The number of carboxylic acids is 1. The lowest BCUT2D eigenvalue weighted by atomic mass is 9.90. The second-order valence-electron chi connectivity index (χ2n) is 4.92. The predicted octanol–water partition coefficient (Wildman–Crippen LogP) is 2.16. The number of carboxylic acid groups (broad SMARTS) is 1. The van der Waals surface area contributed by atoms with Gasteiger partial charge in [-0.1, -0.05) is 6.07 Å². The van der Waals surface area contributed by atoms with E-state index in [9.17, 15) is 9.90 Å². The van der Waals surface area contributed by atoms with Crippen LogP contribution in [0.4, 0.5) is 0 Å². The van der Waals surface area contributed by atoms with Crippen molar-refractivity contribution >= 4 is 11.7 Å². The summed E-state index contributed by atoms with van der Waals surface area (Å²) >= 11 is 0. The van der Waals surface area contributed by atoms with Gasteiger partial charge in [0, 0.05) is 7.05 Å². The van der Waals surface area contributed by atoms with Gasteiger partial charge >= 0.3 is 5.97 Å². The van der Waals surface area contributed by atoms with Crippen molar-refractivity contribution in [3.05, 3.63) is 23.8 Å². The molecular formula is C15H20N2O4. The van der Waals surface area contributed by atoms with Crippen LogP contribution in [0.3, 0.4) is 0 Å². The van der Waals surface area contributed by atoms with Crippen molar-refractivity contribution in [2.45, 2.75) is 19.9 Å².